The predicted molar refractivity (Wildman–Crippen MR) is 76.5 cm³/mol. The average Bonchev–Trinajstić information content (AvgIpc) is 3.01. The Morgan fingerprint density at radius 3 is 2.85 bits per heavy atom. The predicted octanol–water partition coefficient (Wildman–Crippen LogP) is 1.57. The Morgan fingerprint density at radius 1 is 1.30 bits per heavy atom. The van der Waals surface area contributed by atoms with E-state index in [2.05, 4.69) is 32.9 Å². The van der Waals surface area contributed by atoms with Crippen molar-refractivity contribution in [3.63, 3.8) is 0 Å². The zero-order valence-electron chi connectivity index (χ0n) is 12.1. The molecule has 0 amide bonds. The zero-order chi connectivity index (χ0) is 14.4. The third-order valence-corrected chi connectivity index (χ3v) is 3.94. The molecule has 0 spiro atoms. The van der Waals surface area contributed by atoms with Crippen LogP contribution in [0.2, 0.25) is 0 Å². The molecule has 0 saturated heterocycles. The first kappa shape index (κ1) is 15.0. The van der Waals surface area contributed by atoms with Crippen LogP contribution < -0.4 is 5.32 Å². The van der Waals surface area contributed by atoms with E-state index < -0.39 is 0 Å². The van der Waals surface area contributed by atoms with Crippen LogP contribution in [0.1, 0.15) is 30.4 Å². The Balaban J connectivity index is 1.89. The van der Waals surface area contributed by atoms with Crippen LogP contribution in [0.5, 0.6) is 0 Å². The molecule has 0 aliphatic rings. The molecule has 2 aromatic rings. The van der Waals surface area contributed by atoms with Gasteiger partial charge < -0.3 is 9.84 Å². The second-order valence-electron chi connectivity index (χ2n) is 4.53. The molecule has 0 unspecified atom stereocenters. The van der Waals surface area contributed by atoms with Gasteiger partial charge in [0.05, 0.1) is 12.2 Å². The van der Waals surface area contributed by atoms with E-state index in [9.17, 15) is 0 Å². The van der Waals surface area contributed by atoms with Crippen molar-refractivity contribution in [2.45, 2.75) is 44.6 Å². The van der Waals surface area contributed by atoms with Crippen molar-refractivity contribution in [1.29, 1.82) is 0 Å². The number of hydrogen-bond acceptors (Lipinski definition) is 7. The molecule has 0 radical (unpaired) electrons. The fourth-order valence-corrected chi connectivity index (χ4v) is 2.83. The fourth-order valence-electron chi connectivity index (χ4n) is 1.77. The minimum atomic E-state index is 0.768. The van der Waals surface area contributed by atoms with Gasteiger partial charge in [0.2, 0.25) is 5.16 Å². The first-order chi connectivity index (χ1) is 9.72. The Labute approximate surface area is 122 Å². The van der Waals surface area contributed by atoms with Crippen LogP contribution in [0.3, 0.4) is 0 Å². The molecule has 0 aliphatic heterocycles. The summed E-state index contributed by atoms with van der Waals surface area (Å²) in [6.07, 6.45) is 1.13. The monoisotopic (exact) mass is 296 g/mol. The number of rotatable bonds is 8. The van der Waals surface area contributed by atoms with Crippen LogP contribution in [0.4, 0.5) is 0 Å². The maximum atomic E-state index is 5.16. The summed E-state index contributed by atoms with van der Waals surface area (Å²) in [6, 6.07) is 0. The highest BCUT2D eigenvalue weighted by molar-refractivity contribution is 7.98. The summed E-state index contributed by atoms with van der Waals surface area (Å²) >= 11 is 1.60. The molecule has 2 aromatic heterocycles. The van der Waals surface area contributed by atoms with Gasteiger partial charge in [-0.25, -0.2) is 4.68 Å². The highest BCUT2D eigenvalue weighted by Crippen LogP contribution is 2.23. The van der Waals surface area contributed by atoms with Gasteiger partial charge in [-0.05, 0) is 37.2 Å². The highest BCUT2D eigenvalue weighted by atomic mass is 32.2. The Morgan fingerprint density at radius 2 is 2.15 bits per heavy atom. The largest absolute Gasteiger partial charge is 0.361 e. The van der Waals surface area contributed by atoms with E-state index in [0.29, 0.717) is 0 Å². The van der Waals surface area contributed by atoms with Crippen LogP contribution in [0.15, 0.2) is 9.68 Å². The minimum absolute atomic E-state index is 0.768. The van der Waals surface area contributed by atoms with E-state index in [1.807, 2.05) is 18.5 Å². The summed E-state index contributed by atoms with van der Waals surface area (Å²) in [5.41, 5.74) is 2.05. The van der Waals surface area contributed by atoms with Crippen LogP contribution in [0, 0.1) is 13.8 Å². The van der Waals surface area contributed by atoms with Gasteiger partial charge >= 0.3 is 0 Å². The smallest absolute Gasteiger partial charge is 0.209 e. The molecule has 0 aromatic carbocycles. The van der Waals surface area contributed by atoms with Crippen molar-refractivity contribution in [2.75, 3.05) is 13.1 Å². The van der Waals surface area contributed by atoms with E-state index in [-0.39, 0.29) is 0 Å². The van der Waals surface area contributed by atoms with Gasteiger partial charge in [0.15, 0.2) is 0 Å². The van der Waals surface area contributed by atoms with Crippen molar-refractivity contribution in [3.8, 4) is 0 Å². The standard InChI is InChI=1S/C12H20N6OS/c1-4-5-13-6-7-18-12(14-16-17-18)20-8-11-9(2)15-19-10(11)3/h13H,4-8H2,1-3H3. The third-order valence-electron chi connectivity index (χ3n) is 2.95. The lowest BCUT2D eigenvalue weighted by molar-refractivity contribution is 0.392. The lowest BCUT2D eigenvalue weighted by Crippen LogP contribution is -2.21. The molecule has 8 heteroatoms. The van der Waals surface area contributed by atoms with Crippen LogP contribution in [0.25, 0.3) is 0 Å². The number of nitrogens with zero attached hydrogens (tertiary/aromatic N) is 5. The van der Waals surface area contributed by atoms with Gasteiger partial charge in [-0.3, -0.25) is 0 Å². The Bertz CT molecular complexity index is 518. The molecule has 1 N–H and O–H groups in total. The van der Waals surface area contributed by atoms with Crippen molar-refractivity contribution in [1.82, 2.24) is 30.7 Å². The van der Waals surface area contributed by atoms with Crippen molar-refractivity contribution < 1.29 is 4.52 Å². The van der Waals surface area contributed by atoms with Crippen molar-refractivity contribution >= 4 is 11.8 Å². The third kappa shape index (κ3) is 3.80. The second-order valence-corrected chi connectivity index (χ2v) is 5.47. The molecule has 0 saturated carbocycles. The summed E-state index contributed by atoms with van der Waals surface area (Å²) in [6.45, 7) is 8.69. The number of thioether (sulfide) groups is 1. The van der Waals surface area contributed by atoms with Gasteiger partial charge in [-0.15, -0.1) is 5.10 Å². The lowest BCUT2D eigenvalue weighted by atomic mass is 10.2. The Kier molecular flexibility index (Phi) is 5.54. The summed E-state index contributed by atoms with van der Waals surface area (Å²) < 4.78 is 6.98. The molecule has 0 fully saturated rings. The van der Waals surface area contributed by atoms with Crippen LogP contribution >= 0.6 is 11.8 Å². The second kappa shape index (κ2) is 7.39. The SMILES string of the molecule is CCCNCCn1nnnc1SCc1c(C)noc1C. The van der Waals surface area contributed by atoms with Gasteiger partial charge in [0.25, 0.3) is 0 Å². The molecule has 110 valence electrons. The molecule has 2 rings (SSSR count). The van der Waals surface area contributed by atoms with Crippen molar-refractivity contribution in [3.05, 3.63) is 17.0 Å². The molecule has 20 heavy (non-hydrogen) atoms. The van der Waals surface area contributed by atoms with Gasteiger partial charge in [0.1, 0.15) is 5.76 Å². The lowest BCUT2D eigenvalue weighted by Gasteiger charge is -2.05. The van der Waals surface area contributed by atoms with Crippen molar-refractivity contribution in [2.24, 2.45) is 0 Å². The Hall–Kier alpha value is -1.41. The first-order valence-electron chi connectivity index (χ1n) is 6.73. The van der Waals surface area contributed by atoms with E-state index in [0.717, 1.165) is 54.0 Å². The number of hydrogen-bond donors (Lipinski definition) is 1. The summed E-state index contributed by atoms with van der Waals surface area (Å²) in [4.78, 5) is 0. The van der Waals surface area contributed by atoms with Gasteiger partial charge in [0, 0.05) is 17.9 Å². The van der Waals surface area contributed by atoms with Crippen LogP contribution in [-0.2, 0) is 12.3 Å². The number of aromatic nitrogens is 5. The summed E-state index contributed by atoms with van der Waals surface area (Å²) in [7, 11) is 0. The van der Waals surface area contributed by atoms with E-state index >= 15 is 0 Å². The van der Waals surface area contributed by atoms with E-state index in [1.165, 1.54) is 0 Å². The van der Waals surface area contributed by atoms with E-state index in [1.54, 1.807) is 11.8 Å². The topological polar surface area (TPSA) is 81.7 Å². The van der Waals surface area contributed by atoms with Gasteiger partial charge in [-0.1, -0.05) is 23.8 Å². The molecule has 0 atom stereocenters. The average molecular weight is 296 g/mol. The number of nitrogens with one attached hydrogen (secondary N) is 1. The number of tetrazole rings is 1. The first-order valence-corrected chi connectivity index (χ1v) is 7.72. The maximum absolute atomic E-state index is 5.16. The molecule has 0 bridgehead atoms. The normalized spacial score (nSPS) is 11.2. The molecule has 2 heterocycles. The fraction of sp³-hybridized carbons (Fsp3) is 0.667. The van der Waals surface area contributed by atoms with Gasteiger partial charge in [-0.2, -0.15) is 0 Å². The highest BCUT2D eigenvalue weighted by Gasteiger charge is 2.12. The quantitative estimate of drug-likeness (QED) is 0.585. The molecular formula is C12H20N6OS. The van der Waals surface area contributed by atoms with E-state index in [4.69, 9.17) is 4.52 Å². The molecule has 7 nitrogen and oxygen atoms in total. The zero-order valence-corrected chi connectivity index (χ0v) is 12.9. The number of aryl methyl sites for hydroxylation is 2. The maximum Gasteiger partial charge on any atom is 0.209 e. The minimum Gasteiger partial charge on any atom is -0.361 e. The van der Waals surface area contributed by atoms with Crippen LogP contribution in [-0.4, -0.2) is 38.5 Å². The molecular weight excluding hydrogens is 276 g/mol. The molecule has 0 aliphatic carbocycles. The summed E-state index contributed by atoms with van der Waals surface area (Å²) in [5.74, 6) is 1.63. The summed E-state index contributed by atoms with van der Waals surface area (Å²) in [5, 5.41) is 19.9.